The SMILES string of the molecule is CCOC(C)n1cc(-c2nc(Nc3ccc4c(ccn4S(=O)(=O)c4ccc(C(F)(F)F)cc4)c3)ncc2C)cn1. The normalized spacial score (nSPS) is 13.1. The minimum atomic E-state index is -4.56. The number of hydrogen-bond acceptors (Lipinski definition) is 7. The summed E-state index contributed by atoms with van der Waals surface area (Å²) >= 11 is 0. The summed E-state index contributed by atoms with van der Waals surface area (Å²) in [6, 6.07) is 10.0. The van der Waals surface area contributed by atoms with Gasteiger partial charge in [0.15, 0.2) is 0 Å². The Bertz CT molecular complexity index is 1780. The molecule has 0 aliphatic rings. The summed E-state index contributed by atoms with van der Waals surface area (Å²) in [4.78, 5) is 8.76. The van der Waals surface area contributed by atoms with Gasteiger partial charge in [-0.2, -0.15) is 18.3 Å². The Hall–Kier alpha value is -4.23. The van der Waals surface area contributed by atoms with Gasteiger partial charge in [0.1, 0.15) is 6.23 Å². The summed E-state index contributed by atoms with van der Waals surface area (Å²) in [5.41, 5.74) is 2.42. The summed E-state index contributed by atoms with van der Waals surface area (Å²) < 4.78 is 73.4. The molecule has 5 aromatic rings. The maximum atomic E-state index is 13.2. The lowest BCUT2D eigenvalue weighted by Gasteiger charge is -2.11. The van der Waals surface area contributed by atoms with Crippen molar-refractivity contribution in [1.29, 1.82) is 0 Å². The molecule has 13 heteroatoms. The van der Waals surface area contributed by atoms with Crippen LogP contribution >= 0.6 is 0 Å². The van der Waals surface area contributed by atoms with E-state index >= 15 is 0 Å². The molecule has 0 radical (unpaired) electrons. The van der Waals surface area contributed by atoms with Crippen molar-refractivity contribution in [3.8, 4) is 11.3 Å². The van der Waals surface area contributed by atoms with Crippen molar-refractivity contribution >= 4 is 32.6 Å². The third kappa shape index (κ3) is 5.29. The molecule has 0 saturated carbocycles. The van der Waals surface area contributed by atoms with Crippen LogP contribution in [0.15, 0.2) is 78.2 Å². The summed E-state index contributed by atoms with van der Waals surface area (Å²) in [5, 5.41) is 8.11. The first-order valence-corrected chi connectivity index (χ1v) is 13.7. The van der Waals surface area contributed by atoms with Crippen molar-refractivity contribution in [2.24, 2.45) is 0 Å². The van der Waals surface area contributed by atoms with Gasteiger partial charge in [0, 0.05) is 41.8 Å². The maximum Gasteiger partial charge on any atom is 0.416 e. The molecule has 0 aliphatic carbocycles. The van der Waals surface area contributed by atoms with Crippen LogP contribution in [0.5, 0.6) is 0 Å². The highest BCUT2D eigenvalue weighted by Gasteiger charge is 2.31. The van der Waals surface area contributed by atoms with Crippen LogP contribution in [0, 0.1) is 6.92 Å². The second kappa shape index (κ2) is 10.4. The number of rotatable bonds is 8. The molecule has 0 fully saturated rings. The van der Waals surface area contributed by atoms with Crippen LogP contribution in [-0.2, 0) is 20.9 Å². The summed E-state index contributed by atoms with van der Waals surface area (Å²) in [5.74, 6) is 0.336. The first-order valence-electron chi connectivity index (χ1n) is 12.3. The van der Waals surface area contributed by atoms with E-state index in [0.29, 0.717) is 34.8 Å². The molecule has 9 nitrogen and oxygen atoms in total. The van der Waals surface area contributed by atoms with Crippen molar-refractivity contribution < 1.29 is 26.3 Å². The fraction of sp³-hybridized carbons (Fsp3) is 0.222. The van der Waals surface area contributed by atoms with Crippen LogP contribution in [-0.4, -0.2) is 38.7 Å². The van der Waals surface area contributed by atoms with Gasteiger partial charge in [-0.3, -0.25) is 0 Å². The molecular weight excluding hydrogens is 545 g/mol. The first-order chi connectivity index (χ1) is 19.0. The van der Waals surface area contributed by atoms with Gasteiger partial charge in [0.2, 0.25) is 5.95 Å². The zero-order valence-corrected chi connectivity index (χ0v) is 22.5. The van der Waals surface area contributed by atoms with Gasteiger partial charge < -0.3 is 10.1 Å². The van der Waals surface area contributed by atoms with Crippen molar-refractivity contribution in [3.63, 3.8) is 0 Å². The van der Waals surface area contributed by atoms with Gasteiger partial charge in [0.05, 0.1) is 27.9 Å². The predicted octanol–water partition coefficient (Wildman–Crippen LogP) is 6.16. The number of anilines is 2. The number of aryl methyl sites for hydroxylation is 1. The van der Waals surface area contributed by atoms with Crippen LogP contribution in [0.25, 0.3) is 22.2 Å². The lowest BCUT2D eigenvalue weighted by atomic mass is 10.1. The molecule has 1 atom stereocenters. The van der Waals surface area contributed by atoms with Gasteiger partial charge in [0.25, 0.3) is 10.0 Å². The van der Waals surface area contributed by atoms with E-state index in [1.165, 1.54) is 6.20 Å². The van der Waals surface area contributed by atoms with Gasteiger partial charge in [-0.05, 0) is 74.9 Å². The van der Waals surface area contributed by atoms with Crippen molar-refractivity contribution in [2.75, 3.05) is 11.9 Å². The fourth-order valence-electron chi connectivity index (χ4n) is 4.23. The maximum absolute atomic E-state index is 13.2. The standard InChI is InChI=1S/C27H25F3N6O3S/c1-4-39-18(3)35-16-20(15-32-35)25-17(2)14-31-26(34-25)33-22-7-10-24-19(13-22)11-12-36(24)40(37,38)23-8-5-21(6-9-23)27(28,29)30/h5-16,18H,4H2,1-3H3,(H,31,33,34). The minimum Gasteiger partial charge on any atom is -0.357 e. The van der Waals surface area contributed by atoms with E-state index in [-0.39, 0.29) is 11.1 Å². The largest absolute Gasteiger partial charge is 0.416 e. The van der Waals surface area contributed by atoms with E-state index in [1.807, 2.05) is 27.0 Å². The third-order valence-corrected chi connectivity index (χ3v) is 7.98. The van der Waals surface area contributed by atoms with Gasteiger partial charge >= 0.3 is 6.18 Å². The van der Waals surface area contributed by atoms with E-state index in [2.05, 4.69) is 20.4 Å². The fourth-order valence-corrected chi connectivity index (χ4v) is 5.59. The summed E-state index contributed by atoms with van der Waals surface area (Å²) in [6.45, 7) is 6.27. The number of benzene rings is 2. The topological polar surface area (TPSA) is 104 Å². The third-order valence-electron chi connectivity index (χ3n) is 6.28. The van der Waals surface area contributed by atoms with Crippen molar-refractivity contribution in [1.82, 2.24) is 23.7 Å². The molecule has 1 unspecified atom stereocenters. The van der Waals surface area contributed by atoms with Gasteiger partial charge in [-0.25, -0.2) is 27.0 Å². The monoisotopic (exact) mass is 570 g/mol. The highest BCUT2D eigenvalue weighted by atomic mass is 32.2. The number of fused-ring (bicyclic) bond motifs is 1. The van der Waals surface area contributed by atoms with E-state index < -0.39 is 21.8 Å². The Morgan fingerprint density at radius 2 is 1.82 bits per heavy atom. The van der Waals surface area contributed by atoms with Crippen LogP contribution < -0.4 is 5.32 Å². The summed E-state index contributed by atoms with van der Waals surface area (Å²) in [6.07, 6.45) is 1.84. The average Bonchev–Trinajstić information content (AvgIpc) is 3.57. The van der Waals surface area contributed by atoms with Crippen molar-refractivity contribution in [3.05, 3.63) is 84.4 Å². The molecule has 40 heavy (non-hydrogen) atoms. The number of nitrogens with one attached hydrogen (secondary N) is 1. The van der Waals surface area contributed by atoms with Gasteiger partial charge in [-0.15, -0.1) is 0 Å². The quantitative estimate of drug-likeness (QED) is 0.238. The number of aromatic nitrogens is 5. The first kappa shape index (κ1) is 27.3. The van der Waals surface area contributed by atoms with Crippen LogP contribution in [0.3, 0.4) is 0 Å². The minimum absolute atomic E-state index is 0.222. The Balaban J connectivity index is 1.40. The highest BCUT2D eigenvalue weighted by Crippen LogP contribution is 2.31. The molecule has 3 aromatic heterocycles. The number of halogens is 3. The molecule has 0 aliphatic heterocycles. The molecule has 5 rings (SSSR count). The zero-order valence-electron chi connectivity index (χ0n) is 21.7. The summed E-state index contributed by atoms with van der Waals surface area (Å²) in [7, 11) is -4.12. The Labute approximate surface area is 228 Å². The van der Waals surface area contributed by atoms with Crippen molar-refractivity contribution in [2.45, 2.75) is 38.1 Å². The van der Waals surface area contributed by atoms with E-state index in [0.717, 1.165) is 39.4 Å². The number of hydrogen-bond donors (Lipinski definition) is 1. The molecule has 0 saturated heterocycles. The Kier molecular flexibility index (Phi) is 7.10. The molecule has 0 amide bonds. The highest BCUT2D eigenvalue weighted by molar-refractivity contribution is 7.90. The van der Waals surface area contributed by atoms with Gasteiger partial charge in [-0.1, -0.05) is 0 Å². The lowest BCUT2D eigenvalue weighted by molar-refractivity contribution is -0.137. The van der Waals surface area contributed by atoms with Crippen LogP contribution in [0.1, 0.15) is 31.2 Å². The van der Waals surface area contributed by atoms with Crippen LogP contribution in [0.2, 0.25) is 0 Å². The molecule has 2 aromatic carbocycles. The molecule has 208 valence electrons. The predicted molar refractivity (Wildman–Crippen MR) is 144 cm³/mol. The molecule has 0 spiro atoms. The van der Waals surface area contributed by atoms with E-state index in [1.54, 1.807) is 41.3 Å². The smallest absolute Gasteiger partial charge is 0.357 e. The lowest BCUT2D eigenvalue weighted by Crippen LogP contribution is -2.12. The number of ether oxygens (including phenoxy) is 1. The zero-order chi connectivity index (χ0) is 28.7. The second-order valence-corrected chi connectivity index (χ2v) is 10.8. The Morgan fingerprint density at radius 3 is 2.52 bits per heavy atom. The molecule has 0 bridgehead atoms. The average molecular weight is 571 g/mol. The van der Waals surface area contributed by atoms with Crippen LogP contribution in [0.4, 0.5) is 24.8 Å². The molecule has 1 N–H and O–H groups in total. The second-order valence-electron chi connectivity index (χ2n) is 9.03. The Morgan fingerprint density at radius 1 is 1.07 bits per heavy atom. The van der Waals surface area contributed by atoms with E-state index in [9.17, 15) is 21.6 Å². The molecule has 3 heterocycles. The number of alkyl halides is 3. The number of nitrogens with zero attached hydrogens (tertiary/aromatic N) is 5. The molecular formula is C27H25F3N6O3S. The van der Waals surface area contributed by atoms with E-state index in [4.69, 9.17) is 4.74 Å².